The van der Waals surface area contributed by atoms with E-state index in [1.54, 1.807) is 36.2 Å². The number of fused-ring (bicyclic) bond motifs is 1. The van der Waals surface area contributed by atoms with E-state index in [4.69, 9.17) is 0 Å². The van der Waals surface area contributed by atoms with Crippen molar-refractivity contribution in [3.63, 3.8) is 0 Å². The number of carbonyl (C=O) groups excluding carboxylic acids is 1. The lowest BCUT2D eigenvalue weighted by atomic mass is 10.2. The number of nitrogens with zero attached hydrogens (tertiary/aromatic N) is 2. The van der Waals surface area contributed by atoms with Gasteiger partial charge in [0.15, 0.2) is 14.2 Å². The number of carbonyl (C=O) groups is 1. The van der Waals surface area contributed by atoms with Crippen molar-refractivity contribution >= 4 is 54.7 Å². The van der Waals surface area contributed by atoms with E-state index in [1.165, 1.54) is 23.5 Å². The average Bonchev–Trinajstić information content (AvgIpc) is 3.15. The molecule has 0 aliphatic carbocycles. The van der Waals surface area contributed by atoms with Gasteiger partial charge in [-0.15, -0.1) is 11.3 Å². The molecule has 0 saturated heterocycles. The van der Waals surface area contributed by atoms with Crippen molar-refractivity contribution in [1.82, 2.24) is 9.97 Å². The van der Waals surface area contributed by atoms with Gasteiger partial charge in [0, 0.05) is 23.8 Å². The lowest BCUT2D eigenvalue weighted by Gasteiger charge is -2.07. The van der Waals surface area contributed by atoms with Crippen LogP contribution in [0.4, 0.5) is 5.69 Å². The minimum atomic E-state index is -3.70. The molecule has 4 rings (SSSR count). The van der Waals surface area contributed by atoms with E-state index in [9.17, 15) is 13.2 Å². The highest BCUT2D eigenvalue weighted by molar-refractivity contribution is 8.00. The number of amides is 1. The third-order valence-electron chi connectivity index (χ3n) is 4.44. The Morgan fingerprint density at radius 1 is 1.13 bits per heavy atom. The fourth-order valence-electron chi connectivity index (χ4n) is 2.87. The molecule has 0 bridgehead atoms. The van der Waals surface area contributed by atoms with Crippen LogP contribution >= 0.6 is 23.1 Å². The summed E-state index contributed by atoms with van der Waals surface area (Å²) in [6, 6.07) is 15.8. The monoisotopic (exact) mass is 469 g/mol. The van der Waals surface area contributed by atoms with Gasteiger partial charge in [-0.25, -0.2) is 13.4 Å². The van der Waals surface area contributed by atoms with Crippen LogP contribution in [0.2, 0.25) is 0 Å². The van der Waals surface area contributed by atoms with Gasteiger partial charge >= 0.3 is 0 Å². The number of anilines is 1. The number of nitrogens with one attached hydrogen (secondary N) is 1. The first-order valence-electron chi connectivity index (χ1n) is 9.41. The van der Waals surface area contributed by atoms with Crippen LogP contribution in [-0.4, -0.2) is 30.0 Å². The quantitative estimate of drug-likeness (QED) is 0.395. The summed E-state index contributed by atoms with van der Waals surface area (Å²) in [6.45, 7) is 1.88. The Bertz CT molecular complexity index is 1320. The maximum Gasteiger partial charge on any atom is 0.239 e. The molecule has 9 heteroatoms. The fraction of sp³-hybridized carbons (Fsp3) is 0.136. The largest absolute Gasteiger partial charge is 0.325 e. The number of pyridine rings is 1. The van der Waals surface area contributed by atoms with Crippen molar-refractivity contribution < 1.29 is 13.2 Å². The zero-order valence-electron chi connectivity index (χ0n) is 16.6. The second kappa shape index (κ2) is 9.17. The number of aryl methyl sites for hydroxylation is 1. The molecular formula is C22H19N3O3S3. The number of rotatable bonds is 7. The molecule has 4 aromatic rings. The summed E-state index contributed by atoms with van der Waals surface area (Å²) >= 11 is 3.16. The predicted molar refractivity (Wildman–Crippen MR) is 125 cm³/mol. The molecule has 0 aliphatic heterocycles. The molecule has 158 valence electrons. The lowest BCUT2D eigenvalue weighted by Crippen LogP contribution is -2.23. The van der Waals surface area contributed by atoms with E-state index in [0.29, 0.717) is 5.69 Å². The van der Waals surface area contributed by atoms with E-state index in [0.717, 1.165) is 31.4 Å². The minimum absolute atomic E-state index is 0.140. The SMILES string of the molecule is Cc1ccc(S(=O)(=O)CC(=O)Nc2ccc3nc(SCc4cccnc4)sc3c2)cc1. The first kappa shape index (κ1) is 21.5. The highest BCUT2D eigenvalue weighted by atomic mass is 32.2. The van der Waals surface area contributed by atoms with Gasteiger partial charge in [0.25, 0.3) is 0 Å². The zero-order chi connectivity index (χ0) is 21.8. The first-order chi connectivity index (χ1) is 14.9. The van der Waals surface area contributed by atoms with Crippen LogP contribution in [0.15, 0.2) is 76.2 Å². The van der Waals surface area contributed by atoms with Crippen molar-refractivity contribution in [3.05, 3.63) is 78.1 Å². The minimum Gasteiger partial charge on any atom is -0.325 e. The lowest BCUT2D eigenvalue weighted by molar-refractivity contribution is -0.113. The van der Waals surface area contributed by atoms with E-state index >= 15 is 0 Å². The van der Waals surface area contributed by atoms with Gasteiger partial charge in [0.1, 0.15) is 5.75 Å². The molecule has 6 nitrogen and oxygen atoms in total. The van der Waals surface area contributed by atoms with Crippen molar-refractivity contribution in [3.8, 4) is 0 Å². The van der Waals surface area contributed by atoms with Crippen LogP contribution in [0, 0.1) is 6.92 Å². The van der Waals surface area contributed by atoms with Gasteiger partial charge < -0.3 is 5.32 Å². The Labute approximate surface area is 188 Å². The number of aromatic nitrogens is 2. The van der Waals surface area contributed by atoms with Crippen molar-refractivity contribution in [2.75, 3.05) is 11.1 Å². The second-order valence-electron chi connectivity index (χ2n) is 6.93. The van der Waals surface area contributed by atoms with Gasteiger partial charge in [-0.05, 0) is 48.9 Å². The van der Waals surface area contributed by atoms with Gasteiger partial charge in [-0.3, -0.25) is 9.78 Å². The Morgan fingerprint density at radius 2 is 1.94 bits per heavy atom. The maximum atomic E-state index is 12.5. The molecule has 1 N–H and O–H groups in total. The van der Waals surface area contributed by atoms with Crippen LogP contribution in [0.5, 0.6) is 0 Å². The number of benzene rings is 2. The maximum absolute atomic E-state index is 12.5. The first-order valence-corrected chi connectivity index (χ1v) is 12.9. The van der Waals surface area contributed by atoms with Crippen LogP contribution in [0.3, 0.4) is 0 Å². The van der Waals surface area contributed by atoms with Crippen molar-refractivity contribution in [2.24, 2.45) is 0 Å². The second-order valence-corrected chi connectivity index (χ2v) is 11.2. The third kappa shape index (κ3) is 5.49. The van der Waals surface area contributed by atoms with Gasteiger partial charge in [0.2, 0.25) is 5.91 Å². The van der Waals surface area contributed by atoms with Crippen molar-refractivity contribution in [2.45, 2.75) is 21.9 Å². The zero-order valence-corrected chi connectivity index (χ0v) is 19.1. The summed E-state index contributed by atoms with van der Waals surface area (Å²) in [6.07, 6.45) is 3.58. The fourth-order valence-corrected chi connectivity index (χ4v) is 6.05. The highest BCUT2D eigenvalue weighted by Crippen LogP contribution is 2.32. The Balaban J connectivity index is 1.42. The number of hydrogen-bond acceptors (Lipinski definition) is 7. The van der Waals surface area contributed by atoms with Crippen LogP contribution in [0.1, 0.15) is 11.1 Å². The summed E-state index contributed by atoms with van der Waals surface area (Å²) in [5.41, 5.74) is 3.46. The summed E-state index contributed by atoms with van der Waals surface area (Å²) in [5.74, 6) is -0.410. The molecule has 0 fully saturated rings. The predicted octanol–water partition coefficient (Wildman–Crippen LogP) is 4.70. The molecule has 0 spiro atoms. The van der Waals surface area contributed by atoms with Crippen LogP contribution in [-0.2, 0) is 20.4 Å². The van der Waals surface area contributed by atoms with Crippen molar-refractivity contribution in [1.29, 1.82) is 0 Å². The molecule has 0 aliphatic rings. The van der Waals surface area contributed by atoms with E-state index < -0.39 is 21.5 Å². The average molecular weight is 470 g/mol. The Morgan fingerprint density at radius 3 is 2.68 bits per heavy atom. The van der Waals surface area contributed by atoms with Gasteiger partial charge in [0.05, 0.1) is 15.1 Å². The topological polar surface area (TPSA) is 89.0 Å². The smallest absolute Gasteiger partial charge is 0.239 e. The number of thiazole rings is 1. The number of sulfone groups is 1. The molecule has 2 heterocycles. The number of thioether (sulfide) groups is 1. The molecular weight excluding hydrogens is 450 g/mol. The van der Waals surface area contributed by atoms with Crippen LogP contribution in [0.25, 0.3) is 10.2 Å². The molecule has 2 aromatic heterocycles. The molecule has 0 radical (unpaired) electrons. The normalized spacial score (nSPS) is 11.5. The summed E-state index contributed by atoms with van der Waals surface area (Å²) in [7, 11) is -3.70. The third-order valence-corrected chi connectivity index (χ3v) is 8.30. The number of hydrogen-bond donors (Lipinski definition) is 1. The summed E-state index contributed by atoms with van der Waals surface area (Å²) < 4.78 is 26.8. The van der Waals surface area contributed by atoms with E-state index in [-0.39, 0.29) is 4.90 Å². The Hall–Kier alpha value is -2.75. The molecule has 1 amide bonds. The molecule has 0 atom stereocenters. The Kier molecular flexibility index (Phi) is 6.35. The van der Waals surface area contributed by atoms with Gasteiger partial charge in [-0.1, -0.05) is 35.5 Å². The molecule has 31 heavy (non-hydrogen) atoms. The standard InChI is InChI=1S/C22H19N3O3S3/c1-15-4-7-18(8-5-15)31(27,28)14-21(26)24-17-6-9-19-20(11-17)30-22(25-19)29-13-16-3-2-10-23-12-16/h2-12H,13-14H2,1H3,(H,24,26). The van der Waals surface area contributed by atoms with Gasteiger partial charge in [-0.2, -0.15) is 0 Å². The summed E-state index contributed by atoms with van der Waals surface area (Å²) in [4.78, 5) is 21.2. The summed E-state index contributed by atoms with van der Waals surface area (Å²) in [5, 5.41) is 2.68. The highest BCUT2D eigenvalue weighted by Gasteiger charge is 2.19. The molecule has 0 unspecified atom stereocenters. The molecule has 0 saturated carbocycles. The van der Waals surface area contributed by atoms with E-state index in [1.807, 2.05) is 37.4 Å². The van der Waals surface area contributed by atoms with E-state index in [2.05, 4.69) is 15.3 Å². The molecule has 2 aromatic carbocycles. The van der Waals surface area contributed by atoms with Crippen LogP contribution < -0.4 is 5.32 Å².